The molecule has 3 heteroatoms. The summed E-state index contributed by atoms with van der Waals surface area (Å²) in [7, 11) is 0. The zero-order valence-electron chi connectivity index (χ0n) is 9.49. The SMILES string of the molecule is C.FCc1ccc(OCC2CCCCC2)nc1. The van der Waals surface area contributed by atoms with E-state index in [-0.39, 0.29) is 7.43 Å². The minimum Gasteiger partial charge on any atom is -0.477 e. The molecule has 1 aromatic rings. The second kappa shape index (κ2) is 7.25. The summed E-state index contributed by atoms with van der Waals surface area (Å²) in [6.07, 6.45) is 8.08. The molecule has 17 heavy (non-hydrogen) atoms. The average molecular weight is 239 g/mol. The van der Waals surface area contributed by atoms with Crippen molar-refractivity contribution in [1.82, 2.24) is 4.98 Å². The van der Waals surface area contributed by atoms with Crippen molar-refractivity contribution in [2.75, 3.05) is 6.61 Å². The van der Waals surface area contributed by atoms with Crippen molar-refractivity contribution in [3.63, 3.8) is 0 Å². The van der Waals surface area contributed by atoms with Crippen molar-refractivity contribution in [3.05, 3.63) is 23.9 Å². The van der Waals surface area contributed by atoms with Crippen LogP contribution in [0.1, 0.15) is 45.1 Å². The minimum atomic E-state index is -0.462. The fraction of sp³-hybridized carbons (Fsp3) is 0.643. The summed E-state index contributed by atoms with van der Waals surface area (Å²) < 4.78 is 17.9. The van der Waals surface area contributed by atoms with Crippen LogP contribution in [0.25, 0.3) is 0 Å². The van der Waals surface area contributed by atoms with Gasteiger partial charge in [-0.2, -0.15) is 0 Å². The number of aromatic nitrogens is 1. The monoisotopic (exact) mass is 239 g/mol. The average Bonchev–Trinajstić information content (AvgIpc) is 2.38. The van der Waals surface area contributed by atoms with Gasteiger partial charge in [-0.25, -0.2) is 9.37 Å². The van der Waals surface area contributed by atoms with Crippen LogP contribution in [0.4, 0.5) is 4.39 Å². The third-order valence-electron chi connectivity index (χ3n) is 3.14. The Morgan fingerprint density at radius 1 is 1.24 bits per heavy atom. The molecule has 2 nitrogen and oxygen atoms in total. The summed E-state index contributed by atoms with van der Waals surface area (Å²) in [6.45, 7) is 0.290. The molecule has 0 unspecified atom stereocenters. The molecule has 0 amide bonds. The smallest absolute Gasteiger partial charge is 0.213 e. The number of halogens is 1. The Kier molecular flexibility index (Phi) is 5.95. The fourth-order valence-corrected chi connectivity index (χ4v) is 2.13. The molecule has 1 aliphatic rings. The molecule has 2 rings (SSSR count). The van der Waals surface area contributed by atoms with Crippen molar-refractivity contribution in [2.45, 2.75) is 46.2 Å². The second-order valence-corrected chi connectivity index (χ2v) is 4.45. The number of hydrogen-bond donors (Lipinski definition) is 0. The molecule has 1 heterocycles. The largest absolute Gasteiger partial charge is 0.477 e. The first kappa shape index (κ1) is 13.9. The van der Waals surface area contributed by atoms with Crippen molar-refractivity contribution in [1.29, 1.82) is 0 Å². The van der Waals surface area contributed by atoms with Crippen LogP contribution < -0.4 is 4.74 Å². The van der Waals surface area contributed by atoms with E-state index < -0.39 is 6.67 Å². The highest BCUT2D eigenvalue weighted by Crippen LogP contribution is 2.24. The molecule has 0 saturated heterocycles. The molecule has 0 aromatic carbocycles. The van der Waals surface area contributed by atoms with Gasteiger partial charge in [-0.15, -0.1) is 0 Å². The molecule has 0 N–H and O–H groups in total. The van der Waals surface area contributed by atoms with E-state index in [1.165, 1.54) is 38.3 Å². The first-order valence-electron chi connectivity index (χ1n) is 6.02. The number of nitrogens with zero attached hydrogens (tertiary/aromatic N) is 1. The van der Waals surface area contributed by atoms with Crippen LogP contribution in [0.2, 0.25) is 0 Å². The Bertz CT molecular complexity index is 307. The van der Waals surface area contributed by atoms with E-state index in [0.717, 1.165) is 6.61 Å². The molecule has 1 saturated carbocycles. The summed E-state index contributed by atoms with van der Waals surface area (Å²) in [5, 5.41) is 0. The molecule has 0 bridgehead atoms. The summed E-state index contributed by atoms with van der Waals surface area (Å²) in [4.78, 5) is 4.07. The van der Waals surface area contributed by atoms with E-state index >= 15 is 0 Å². The summed E-state index contributed by atoms with van der Waals surface area (Å²) >= 11 is 0. The third kappa shape index (κ3) is 4.33. The minimum absolute atomic E-state index is 0. The Morgan fingerprint density at radius 2 is 2.00 bits per heavy atom. The van der Waals surface area contributed by atoms with Crippen LogP contribution >= 0.6 is 0 Å². The van der Waals surface area contributed by atoms with Gasteiger partial charge in [0.25, 0.3) is 0 Å². The number of pyridine rings is 1. The number of rotatable bonds is 4. The molecule has 1 fully saturated rings. The maximum atomic E-state index is 12.3. The Labute approximate surface area is 103 Å². The van der Waals surface area contributed by atoms with Gasteiger partial charge in [0.2, 0.25) is 5.88 Å². The van der Waals surface area contributed by atoms with Crippen LogP contribution in [-0.4, -0.2) is 11.6 Å². The fourth-order valence-electron chi connectivity index (χ4n) is 2.13. The molecule has 1 aliphatic carbocycles. The summed E-state index contributed by atoms with van der Waals surface area (Å²) in [6, 6.07) is 3.47. The maximum Gasteiger partial charge on any atom is 0.213 e. The van der Waals surface area contributed by atoms with Gasteiger partial charge < -0.3 is 4.74 Å². The highest BCUT2D eigenvalue weighted by atomic mass is 19.1. The lowest BCUT2D eigenvalue weighted by Gasteiger charge is -2.21. The maximum absolute atomic E-state index is 12.3. The highest BCUT2D eigenvalue weighted by Gasteiger charge is 2.13. The van der Waals surface area contributed by atoms with Crippen molar-refractivity contribution in [3.8, 4) is 5.88 Å². The van der Waals surface area contributed by atoms with Gasteiger partial charge in [-0.05, 0) is 24.8 Å². The zero-order chi connectivity index (χ0) is 11.2. The van der Waals surface area contributed by atoms with E-state index in [0.29, 0.717) is 17.4 Å². The lowest BCUT2D eigenvalue weighted by Crippen LogP contribution is -2.15. The van der Waals surface area contributed by atoms with Crippen molar-refractivity contribution < 1.29 is 9.13 Å². The molecule has 0 atom stereocenters. The Balaban J connectivity index is 0.00000144. The van der Waals surface area contributed by atoms with Gasteiger partial charge in [-0.3, -0.25) is 0 Å². The predicted octanol–water partition coefficient (Wildman–Crippen LogP) is 4.15. The lowest BCUT2D eigenvalue weighted by molar-refractivity contribution is 0.203. The van der Waals surface area contributed by atoms with Gasteiger partial charge >= 0.3 is 0 Å². The number of hydrogen-bond acceptors (Lipinski definition) is 2. The van der Waals surface area contributed by atoms with Gasteiger partial charge in [0.15, 0.2) is 0 Å². The first-order valence-corrected chi connectivity index (χ1v) is 6.02. The van der Waals surface area contributed by atoms with Crippen LogP contribution in [0.3, 0.4) is 0 Å². The van der Waals surface area contributed by atoms with Crippen molar-refractivity contribution >= 4 is 0 Å². The molecule has 0 radical (unpaired) electrons. The van der Waals surface area contributed by atoms with Crippen LogP contribution in [0, 0.1) is 5.92 Å². The van der Waals surface area contributed by atoms with E-state index in [2.05, 4.69) is 4.98 Å². The zero-order valence-corrected chi connectivity index (χ0v) is 9.49. The topological polar surface area (TPSA) is 22.1 Å². The third-order valence-corrected chi connectivity index (χ3v) is 3.14. The van der Waals surface area contributed by atoms with Gasteiger partial charge in [0.05, 0.1) is 6.61 Å². The molecule has 0 aliphatic heterocycles. The van der Waals surface area contributed by atoms with Crippen LogP contribution in [0.5, 0.6) is 5.88 Å². The molecule has 96 valence electrons. The predicted molar refractivity (Wildman–Crippen MR) is 67.9 cm³/mol. The summed E-state index contributed by atoms with van der Waals surface area (Å²) in [5.41, 5.74) is 0.602. The standard InChI is InChI=1S/C13H18FNO.CH4/c14-8-12-6-7-13(15-9-12)16-10-11-4-2-1-3-5-11;/h6-7,9,11H,1-5,8,10H2;1H4. The van der Waals surface area contributed by atoms with Gasteiger partial charge in [0.1, 0.15) is 6.67 Å². The summed E-state index contributed by atoms with van der Waals surface area (Å²) in [5.74, 6) is 1.29. The quantitative estimate of drug-likeness (QED) is 0.787. The normalized spacial score (nSPS) is 16.3. The number of ether oxygens (including phenoxy) is 1. The first-order chi connectivity index (χ1) is 7.88. The lowest BCUT2D eigenvalue weighted by atomic mass is 9.90. The molecule has 1 aromatic heterocycles. The Hall–Kier alpha value is -1.12. The highest BCUT2D eigenvalue weighted by molar-refractivity contribution is 5.17. The molecule has 0 spiro atoms. The van der Waals surface area contributed by atoms with Gasteiger partial charge in [0, 0.05) is 17.8 Å². The second-order valence-electron chi connectivity index (χ2n) is 4.45. The van der Waals surface area contributed by atoms with E-state index in [4.69, 9.17) is 4.74 Å². The van der Waals surface area contributed by atoms with Crippen LogP contribution in [-0.2, 0) is 6.67 Å². The van der Waals surface area contributed by atoms with Crippen molar-refractivity contribution in [2.24, 2.45) is 5.92 Å². The van der Waals surface area contributed by atoms with E-state index in [9.17, 15) is 4.39 Å². The van der Waals surface area contributed by atoms with E-state index in [1.54, 1.807) is 12.1 Å². The Morgan fingerprint density at radius 3 is 2.59 bits per heavy atom. The molecular formula is C14H22FNO. The van der Waals surface area contributed by atoms with E-state index in [1.807, 2.05) is 0 Å². The van der Waals surface area contributed by atoms with Gasteiger partial charge in [-0.1, -0.05) is 26.7 Å². The van der Waals surface area contributed by atoms with Crippen LogP contribution in [0.15, 0.2) is 18.3 Å². The number of alkyl halides is 1. The molecular weight excluding hydrogens is 217 g/mol.